The van der Waals surface area contributed by atoms with Crippen molar-refractivity contribution in [3.8, 4) is 0 Å². The average molecular weight is 369 g/mol. The number of pyridine rings is 1. The molecule has 1 fully saturated rings. The van der Waals surface area contributed by atoms with E-state index in [0.717, 1.165) is 5.69 Å². The Morgan fingerprint density at radius 1 is 1.00 bits per heavy atom. The van der Waals surface area contributed by atoms with Crippen LogP contribution in [0.15, 0.2) is 59.7 Å². The first-order chi connectivity index (χ1) is 12.6. The topological polar surface area (TPSA) is 57.9 Å². The quantitative estimate of drug-likeness (QED) is 0.696. The molecule has 0 spiro atoms. The molecular weight excluding hydrogens is 352 g/mol. The minimum atomic E-state index is -0.339. The highest BCUT2D eigenvalue weighted by atomic mass is 35.5. The first-order valence-electron chi connectivity index (χ1n) is 8.40. The number of hydrogen-bond acceptors (Lipinski definition) is 4. The van der Waals surface area contributed by atoms with Crippen LogP contribution in [0.25, 0.3) is 5.65 Å². The molecule has 4 rings (SSSR count). The van der Waals surface area contributed by atoms with Crippen LogP contribution in [-0.4, -0.2) is 46.4 Å². The van der Waals surface area contributed by atoms with Crippen LogP contribution in [0.2, 0.25) is 5.02 Å². The summed E-state index contributed by atoms with van der Waals surface area (Å²) in [4.78, 5) is 33.5. The lowest BCUT2D eigenvalue weighted by Gasteiger charge is -2.36. The van der Waals surface area contributed by atoms with Gasteiger partial charge in [-0.15, -0.1) is 0 Å². The monoisotopic (exact) mass is 368 g/mol. The number of piperazine rings is 1. The highest BCUT2D eigenvalue weighted by Crippen LogP contribution is 2.26. The summed E-state index contributed by atoms with van der Waals surface area (Å²) in [5.74, 6) is -0.278. The van der Waals surface area contributed by atoms with Gasteiger partial charge < -0.3 is 9.80 Å². The molecule has 0 saturated carbocycles. The fourth-order valence-corrected chi connectivity index (χ4v) is 3.46. The molecule has 1 amide bonds. The molecule has 26 heavy (non-hydrogen) atoms. The summed E-state index contributed by atoms with van der Waals surface area (Å²) >= 11 is 6.25. The van der Waals surface area contributed by atoms with E-state index in [9.17, 15) is 9.59 Å². The molecule has 1 aliphatic heterocycles. The number of aromatic nitrogens is 2. The van der Waals surface area contributed by atoms with E-state index >= 15 is 0 Å². The van der Waals surface area contributed by atoms with Crippen LogP contribution >= 0.6 is 11.6 Å². The number of amides is 1. The molecule has 0 radical (unpaired) electrons. The molecule has 6 nitrogen and oxygen atoms in total. The van der Waals surface area contributed by atoms with Gasteiger partial charge in [0.15, 0.2) is 0 Å². The Morgan fingerprint density at radius 2 is 1.73 bits per heavy atom. The molecule has 0 atom stereocenters. The molecule has 1 saturated heterocycles. The van der Waals surface area contributed by atoms with Crippen molar-refractivity contribution >= 4 is 28.8 Å². The van der Waals surface area contributed by atoms with Crippen molar-refractivity contribution in [2.75, 3.05) is 31.1 Å². The van der Waals surface area contributed by atoms with E-state index in [4.69, 9.17) is 11.6 Å². The van der Waals surface area contributed by atoms with Crippen LogP contribution in [0.1, 0.15) is 10.4 Å². The fraction of sp³-hybridized carbons (Fsp3) is 0.211. The first-order valence-corrected chi connectivity index (χ1v) is 8.78. The Labute approximate surface area is 155 Å². The molecule has 0 unspecified atom stereocenters. The third-order valence-corrected chi connectivity index (χ3v) is 4.92. The Balaban J connectivity index is 1.53. The van der Waals surface area contributed by atoms with Crippen LogP contribution in [0.3, 0.4) is 0 Å². The van der Waals surface area contributed by atoms with Crippen molar-refractivity contribution in [3.05, 3.63) is 75.8 Å². The fourth-order valence-electron chi connectivity index (χ4n) is 3.20. The second kappa shape index (κ2) is 6.80. The van der Waals surface area contributed by atoms with E-state index in [-0.39, 0.29) is 17.0 Å². The third-order valence-electron chi connectivity index (χ3n) is 4.60. The molecule has 0 N–H and O–H groups in total. The van der Waals surface area contributed by atoms with Crippen LogP contribution in [-0.2, 0) is 0 Å². The molecule has 0 aliphatic carbocycles. The highest BCUT2D eigenvalue weighted by molar-refractivity contribution is 6.33. The molecule has 2 aromatic heterocycles. The molecule has 3 aromatic rings. The molecule has 0 bridgehead atoms. The summed E-state index contributed by atoms with van der Waals surface area (Å²) in [6, 6.07) is 12.9. The minimum absolute atomic E-state index is 0.0971. The van der Waals surface area contributed by atoms with E-state index < -0.39 is 0 Å². The number of carbonyl (C=O) groups excluding carboxylic acids is 1. The van der Waals surface area contributed by atoms with E-state index in [1.165, 1.54) is 10.6 Å². The van der Waals surface area contributed by atoms with Gasteiger partial charge in [0.2, 0.25) is 0 Å². The summed E-state index contributed by atoms with van der Waals surface area (Å²) in [5.41, 5.74) is 1.25. The van der Waals surface area contributed by atoms with Gasteiger partial charge in [-0.25, -0.2) is 4.98 Å². The number of nitrogens with zero attached hydrogens (tertiary/aromatic N) is 4. The Hall–Kier alpha value is -2.86. The van der Waals surface area contributed by atoms with Gasteiger partial charge in [-0.3, -0.25) is 14.0 Å². The minimum Gasteiger partial charge on any atom is -0.367 e. The lowest BCUT2D eigenvalue weighted by molar-refractivity contribution is 0.0744. The molecular formula is C19H17ClN4O2. The van der Waals surface area contributed by atoms with Crippen LogP contribution in [0.5, 0.6) is 0 Å². The summed E-state index contributed by atoms with van der Waals surface area (Å²) < 4.78 is 1.40. The molecule has 1 aliphatic rings. The first kappa shape index (κ1) is 16.6. The van der Waals surface area contributed by atoms with Gasteiger partial charge in [-0.1, -0.05) is 29.8 Å². The van der Waals surface area contributed by atoms with Crippen molar-refractivity contribution in [2.45, 2.75) is 0 Å². The zero-order chi connectivity index (χ0) is 18.1. The van der Waals surface area contributed by atoms with Crippen LogP contribution in [0.4, 0.5) is 5.69 Å². The van der Waals surface area contributed by atoms with Crippen molar-refractivity contribution in [1.82, 2.24) is 14.3 Å². The number of fused-ring (bicyclic) bond motifs is 1. The number of anilines is 1. The van der Waals surface area contributed by atoms with Gasteiger partial charge in [0.1, 0.15) is 11.2 Å². The van der Waals surface area contributed by atoms with Crippen molar-refractivity contribution in [3.63, 3.8) is 0 Å². The third kappa shape index (κ3) is 2.93. The molecule has 1 aromatic carbocycles. The largest absolute Gasteiger partial charge is 0.367 e. The van der Waals surface area contributed by atoms with Gasteiger partial charge in [0.25, 0.3) is 11.5 Å². The van der Waals surface area contributed by atoms with Gasteiger partial charge >= 0.3 is 0 Å². The number of halogens is 1. The van der Waals surface area contributed by atoms with Crippen molar-refractivity contribution in [1.29, 1.82) is 0 Å². The van der Waals surface area contributed by atoms with Gasteiger partial charge in [0.05, 0.1) is 10.7 Å². The number of para-hydroxylation sites is 1. The van der Waals surface area contributed by atoms with Gasteiger partial charge in [0, 0.05) is 38.6 Å². The van der Waals surface area contributed by atoms with Crippen LogP contribution < -0.4 is 10.5 Å². The van der Waals surface area contributed by atoms with E-state index in [2.05, 4.69) is 9.88 Å². The zero-order valence-corrected chi connectivity index (χ0v) is 14.8. The standard InChI is InChI=1S/C19H17ClN4O2/c20-15-5-1-2-6-16(15)22-9-11-23(12-10-22)18(25)14-13-21-17-7-3-4-8-24(17)19(14)26/h1-8,13H,9-12H2. The summed E-state index contributed by atoms with van der Waals surface area (Å²) in [5, 5.41) is 0.698. The Bertz CT molecular complexity index is 1030. The maximum Gasteiger partial charge on any atom is 0.270 e. The lowest BCUT2D eigenvalue weighted by Crippen LogP contribution is -2.49. The van der Waals surface area contributed by atoms with E-state index in [0.29, 0.717) is 36.8 Å². The van der Waals surface area contributed by atoms with Gasteiger partial charge in [-0.2, -0.15) is 0 Å². The normalized spacial score (nSPS) is 14.7. The summed E-state index contributed by atoms with van der Waals surface area (Å²) in [6.45, 7) is 2.39. The molecule has 132 valence electrons. The number of carbonyl (C=O) groups is 1. The van der Waals surface area contributed by atoms with E-state index in [1.807, 2.05) is 24.3 Å². The Morgan fingerprint density at radius 3 is 2.50 bits per heavy atom. The second-order valence-corrected chi connectivity index (χ2v) is 6.54. The Kier molecular flexibility index (Phi) is 4.34. The highest BCUT2D eigenvalue weighted by Gasteiger charge is 2.25. The molecule has 7 heteroatoms. The number of rotatable bonds is 2. The predicted molar refractivity (Wildman–Crippen MR) is 101 cm³/mol. The zero-order valence-electron chi connectivity index (χ0n) is 14.0. The smallest absolute Gasteiger partial charge is 0.270 e. The number of benzene rings is 1. The van der Waals surface area contributed by atoms with Gasteiger partial charge in [-0.05, 0) is 24.3 Å². The lowest BCUT2D eigenvalue weighted by atomic mass is 10.2. The predicted octanol–water partition coefficient (Wildman–Crippen LogP) is 2.31. The maximum absolute atomic E-state index is 12.8. The van der Waals surface area contributed by atoms with Crippen molar-refractivity contribution in [2.24, 2.45) is 0 Å². The maximum atomic E-state index is 12.8. The SMILES string of the molecule is O=C(c1cnc2ccccn2c1=O)N1CCN(c2ccccc2Cl)CC1. The molecule has 3 heterocycles. The number of hydrogen-bond donors (Lipinski definition) is 0. The summed E-state index contributed by atoms with van der Waals surface area (Å²) in [7, 11) is 0. The van der Waals surface area contributed by atoms with E-state index in [1.54, 1.807) is 29.3 Å². The second-order valence-electron chi connectivity index (χ2n) is 6.14. The summed E-state index contributed by atoms with van der Waals surface area (Å²) in [6.07, 6.45) is 3.00. The average Bonchev–Trinajstić information content (AvgIpc) is 2.69. The van der Waals surface area contributed by atoms with Crippen LogP contribution in [0, 0.1) is 0 Å². The van der Waals surface area contributed by atoms with Crippen molar-refractivity contribution < 1.29 is 4.79 Å².